The molecule has 2 saturated heterocycles. The fourth-order valence-corrected chi connectivity index (χ4v) is 4.34. The van der Waals surface area contributed by atoms with Crippen LogP contribution in [0.5, 0.6) is 0 Å². The summed E-state index contributed by atoms with van der Waals surface area (Å²) in [6, 6.07) is 11.3. The van der Waals surface area contributed by atoms with Crippen LogP contribution in [0.2, 0.25) is 0 Å². The number of piperazine rings is 1. The smallest absolute Gasteiger partial charge is 0.255 e. The van der Waals surface area contributed by atoms with Crippen molar-refractivity contribution >= 4 is 23.3 Å². The zero-order valence-corrected chi connectivity index (χ0v) is 18.9. The van der Waals surface area contributed by atoms with Gasteiger partial charge in [0.1, 0.15) is 5.82 Å². The Morgan fingerprint density at radius 1 is 0.906 bits per heavy atom. The third-order valence-corrected chi connectivity index (χ3v) is 6.37. The number of benzene rings is 1. The number of carbonyl (C=O) groups excluding carboxylic acids is 2. The van der Waals surface area contributed by atoms with E-state index in [1.165, 1.54) is 19.3 Å². The lowest BCUT2D eigenvalue weighted by atomic mass is 10.1. The first-order chi connectivity index (χ1) is 15.6. The quantitative estimate of drug-likeness (QED) is 0.755. The second-order valence-electron chi connectivity index (χ2n) is 8.75. The molecule has 1 aromatic carbocycles. The van der Waals surface area contributed by atoms with Crippen molar-refractivity contribution in [3.63, 3.8) is 0 Å². The largest absolute Gasteiger partial charge is 0.353 e. The molecule has 0 spiro atoms. The van der Waals surface area contributed by atoms with Crippen molar-refractivity contribution in [2.75, 3.05) is 56.0 Å². The fourth-order valence-electron chi connectivity index (χ4n) is 4.34. The number of carbonyl (C=O) groups is 2. The van der Waals surface area contributed by atoms with Crippen molar-refractivity contribution in [2.45, 2.75) is 32.6 Å². The molecular weight excluding hydrogens is 402 g/mol. The summed E-state index contributed by atoms with van der Waals surface area (Å²) in [5.74, 6) is 0.993. The van der Waals surface area contributed by atoms with E-state index in [1.54, 1.807) is 6.20 Å². The predicted octanol–water partition coefficient (Wildman–Crippen LogP) is 3.17. The molecule has 32 heavy (non-hydrogen) atoms. The second kappa shape index (κ2) is 10.6. The van der Waals surface area contributed by atoms with Crippen LogP contribution in [-0.2, 0) is 4.79 Å². The molecule has 0 atom stereocenters. The van der Waals surface area contributed by atoms with Gasteiger partial charge in [-0.05, 0) is 57.1 Å². The summed E-state index contributed by atoms with van der Waals surface area (Å²) >= 11 is 0. The Labute approximate surface area is 190 Å². The maximum absolute atomic E-state index is 12.6. The fraction of sp³-hybridized carbons (Fsp3) is 0.480. The van der Waals surface area contributed by atoms with Crippen molar-refractivity contribution in [3.05, 3.63) is 53.7 Å². The van der Waals surface area contributed by atoms with Gasteiger partial charge in [0.15, 0.2) is 0 Å². The number of aromatic nitrogens is 1. The van der Waals surface area contributed by atoms with E-state index in [9.17, 15) is 9.59 Å². The minimum Gasteiger partial charge on any atom is -0.353 e. The Morgan fingerprint density at radius 3 is 2.28 bits per heavy atom. The average Bonchev–Trinajstić information content (AvgIpc) is 2.84. The zero-order valence-electron chi connectivity index (χ0n) is 18.9. The number of likely N-dealkylation sites (tertiary alicyclic amines) is 1. The van der Waals surface area contributed by atoms with Crippen molar-refractivity contribution in [2.24, 2.45) is 0 Å². The number of rotatable bonds is 6. The normalized spacial score (nSPS) is 17.3. The van der Waals surface area contributed by atoms with Gasteiger partial charge < -0.3 is 20.0 Å². The van der Waals surface area contributed by atoms with Gasteiger partial charge in [-0.3, -0.25) is 9.59 Å². The van der Waals surface area contributed by atoms with E-state index in [0.29, 0.717) is 17.7 Å². The number of aryl methyl sites for hydroxylation is 1. The van der Waals surface area contributed by atoms with Crippen molar-refractivity contribution in [1.29, 1.82) is 0 Å². The molecule has 7 nitrogen and oxygen atoms in total. The maximum Gasteiger partial charge on any atom is 0.255 e. The Bertz CT molecular complexity index is 899. The third kappa shape index (κ3) is 5.85. The maximum atomic E-state index is 12.6. The molecule has 1 N–H and O–H groups in total. The minimum atomic E-state index is -0.142. The van der Waals surface area contributed by atoms with Crippen LogP contribution in [0.1, 0.15) is 41.6 Å². The lowest BCUT2D eigenvalue weighted by Crippen LogP contribution is -2.49. The monoisotopic (exact) mass is 435 g/mol. The van der Waals surface area contributed by atoms with Gasteiger partial charge >= 0.3 is 0 Å². The van der Waals surface area contributed by atoms with Crippen LogP contribution in [0.15, 0.2) is 42.6 Å². The van der Waals surface area contributed by atoms with E-state index in [0.717, 1.165) is 57.2 Å². The molecule has 2 fully saturated rings. The highest BCUT2D eigenvalue weighted by atomic mass is 16.2. The molecule has 3 heterocycles. The first kappa shape index (κ1) is 22.3. The highest BCUT2D eigenvalue weighted by molar-refractivity contribution is 6.04. The summed E-state index contributed by atoms with van der Waals surface area (Å²) in [5.41, 5.74) is 2.42. The molecular formula is C25H33N5O2. The summed E-state index contributed by atoms with van der Waals surface area (Å²) in [6.45, 7) is 8.16. The van der Waals surface area contributed by atoms with Gasteiger partial charge in [0.25, 0.3) is 5.91 Å². The van der Waals surface area contributed by atoms with Gasteiger partial charge in [0, 0.05) is 44.7 Å². The third-order valence-electron chi connectivity index (χ3n) is 6.37. The van der Waals surface area contributed by atoms with E-state index in [2.05, 4.69) is 20.1 Å². The summed E-state index contributed by atoms with van der Waals surface area (Å²) in [5, 5.41) is 2.89. The van der Waals surface area contributed by atoms with Gasteiger partial charge in [0.2, 0.25) is 5.91 Å². The molecule has 2 aliphatic rings. The molecule has 4 rings (SSSR count). The van der Waals surface area contributed by atoms with Crippen LogP contribution in [0.4, 0.5) is 11.5 Å². The summed E-state index contributed by atoms with van der Waals surface area (Å²) in [4.78, 5) is 36.1. The predicted molar refractivity (Wildman–Crippen MR) is 127 cm³/mol. The molecule has 0 radical (unpaired) electrons. The van der Waals surface area contributed by atoms with Crippen molar-refractivity contribution in [3.8, 4) is 0 Å². The minimum absolute atomic E-state index is 0.142. The standard InChI is InChI=1S/C25H33N5O2/c1-20-5-7-21(8-6-20)25(32)27-22-9-10-23(26-19-22)29-15-17-30(18-16-29)24(31)11-14-28-12-3-2-4-13-28/h5-10,19H,2-4,11-18H2,1H3,(H,27,32). The number of piperidine rings is 1. The molecule has 7 heteroatoms. The molecule has 2 aliphatic heterocycles. The highest BCUT2D eigenvalue weighted by Crippen LogP contribution is 2.18. The molecule has 2 amide bonds. The molecule has 2 aromatic rings. The first-order valence-corrected chi connectivity index (χ1v) is 11.7. The number of hydrogen-bond acceptors (Lipinski definition) is 5. The molecule has 1 aromatic heterocycles. The number of pyridine rings is 1. The average molecular weight is 436 g/mol. The van der Waals surface area contributed by atoms with E-state index >= 15 is 0 Å². The topological polar surface area (TPSA) is 68.8 Å². The lowest BCUT2D eigenvalue weighted by molar-refractivity contribution is -0.131. The Hall–Kier alpha value is -2.93. The van der Waals surface area contributed by atoms with Gasteiger partial charge in [0.05, 0.1) is 11.9 Å². The Kier molecular flexibility index (Phi) is 7.37. The zero-order chi connectivity index (χ0) is 22.3. The molecule has 170 valence electrons. The Balaban J connectivity index is 1.23. The summed E-state index contributed by atoms with van der Waals surface area (Å²) in [7, 11) is 0. The number of anilines is 2. The van der Waals surface area contributed by atoms with Crippen LogP contribution < -0.4 is 10.2 Å². The number of nitrogens with zero attached hydrogens (tertiary/aromatic N) is 4. The Morgan fingerprint density at radius 2 is 1.62 bits per heavy atom. The van der Waals surface area contributed by atoms with Crippen LogP contribution in [0, 0.1) is 6.92 Å². The van der Waals surface area contributed by atoms with Crippen molar-refractivity contribution < 1.29 is 9.59 Å². The second-order valence-corrected chi connectivity index (χ2v) is 8.75. The van der Waals surface area contributed by atoms with Crippen LogP contribution in [-0.4, -0.2) is 72.4 Å². The number of amides is 2. The van der Waals surface area contributed by atoms with Gasteiger partial charge in [-0.15, -0.1) is 0 Å². The summed E-state index contributed by atoms with van der Waals surface area (Å²) in [6.07, 6.45) is 6.15. The van der Waals surface area contributed by atoms with Crippen LogP contribution in [0.3, 0.4) is 0 Å². The van der Waals surface area contributed by atoms with Gasteiger partial charge in [-0.2, -0.15) is 0 Å². The summed E-state index contributed by atoms with van der Waals surface area (Å²) < 4.78 is 0. The van der Waals surface area contributed by atoms with E-state index in [-0.39, 0.29) is 11.8 Å². The molecule has 0 bridgehead atoms. The number of hydrogen-bond donors (Lipinski definition) is 1. The van der Waals surface area contributed by atoms with Gasteiger partial charge in [-0.25, -0.2) is 4.98 Å². The van der Waals surface area contributed by atoms with Crippen LogP contribution >= 0.6 is 0 Å². The van der Waals surface area contributed by atoms with Crippen LogP contribution in [0.25, 0.3) is 0 Å². The van der Waals surface area contributed by atoms with E-state index < -0.39 is 0 Å². The molecule has 0 aliphatic carbocycles. The molecule has 0 unspecified atom stereocenters. The van der Waals surface area contributed by atoms with Gasteiger partial charge in [-0.1, -0.05) is 24.1 Å². The van der Waals surface area contributed by atoms with Crippen molar-refractivity contribution in [1.82, 2.24) is 14.8 Å². The SMILES string of the molecule is Cc1ccc(C(=O)Nc2ccc(N3CCN(C(=O)CCN4CCCCC4)CC3)nc2)cc1. The van der Waals surface area contributed by atoms with E-state index in [1.807, 2.05) is 48.2 Å². The highest BCUT2D eigenvalue weighted by Gasteiger charge is 2.22. The lowest BCUT2D eigenvalue weighted by Gasteiger charge is -2.36. The van der Waals surface area contributed by atoms with E-state index in [4.69, 9.17) is 0 Å². The molecule has 0 saturated carbocycles. The number of nitrogens with one attached hydrogen (secondary N) is 1. The first-order valence-electron chi connectivity index (χ1n) is 11.7.